The number of hydrogen-bond donors (Lipinski definition) is 0. The van der Waals surface area contributed by atoms with Gasteiger partial charge >= 0.3 is 0 Å². The van der Waals surface area contributed by atoms with E-state index in [2.05, 4.69) is 49.1 Å². The molecule has 0 heterocycles. The minimum Gasteiger partial charge on any atom is -0.0991 e. The largest absolute Gasteiger partial charge is 0.0991 e. The van der Waals surface area contributed by atoms with Crippen LogP contribution in [0.5, 0.6) is 0 Å². The smallest absolute Gasteiger partial charge is 0.0137 e. The molecule has 0 aromatic carbocycles. The highest BCUT2D eigenvalue weighted by Gasteiger charge is 1.79. The van der Waals surface area contributed by atoms with E-state index in [0.717, 1.165) is 0 Å². The molecule has 0 amide bonds. The van der Waals surface area contributed by atoms with Crippen LogP contribution in [0.25, 0.3) is 0 Å². The number of allylic oxidation sites excluding steroid dienone is 5. The minimum atomic E-state index is 1.17. The molecule has 0 atom stereocenters. The van der Waals surface area contributed by atoms with Gasteiger partial charge in [0, 0.05) is 0 Å². The Hall–Kier alpha value is -0.0500. The van der Waals surface area contributed by atoms with Crippen molar-refractivity contribution in [3.8, 4) is 0 Å². The summed E-state index contributed by atoms with van der Waals surface area (Å²) in [7, 11) is 0. The van der Waals surface area contributed by atoms with Gasteiger partial charge < -0.3 is 0 Å². The lowest BCUT2D eigenvalue weighted by molar-refractivity contribution is 1.15. The van der Waals surface area contributed by atoms with Gasteiger partial charge in [0.15, 0.2) is 0 Å². The van der Waals surface area contributed by atoms with Crippen molar-refractivity contribution in [3.63, 3.8) is 0 Å². The molecule has 0 spiro atoms. The summed E-state index contributed by atoms with van der Waals surface area (Å²) in [6, 6.07) is 0. The summed E-state index contributed by atoms with van der Waals surface area (Å²) in [4.78, 5) is 0. The highest BCUT2D eigenvalue weighted by molar-refractivity contribution is 14.1. The van der Waals surface area contributed by atoms with Gasteiger partial charge in [0.2, 0.25) is 0 Å². The van der Waals surface area contributed by atoms with Crippen molar-refractivity contribution in [3.05, 3.63) is 34.5 Å². The molecule has 70 valence electrons. The SMILES string of the molecule is C=CC=CC.CCC=C(I)CC. The molecule has 1 heteroatoms. The molecule has 0 nitrogen and oxygen atoms in total. The summed E-state index contributed by atoms with van der Waals surface area (Å²) < 4.78 is 1.47. The van der Waals surface area contributed by atoms with Crippen LogP contribution >= 0.6 is 22.6 Å². The summed E-state index contributed by atoms with van der Waals surface area (Å²) in [6.45, 7) is 9.76. The van der Waals surface area contributed by atoms with Gasteiger partial charge in [0.05, 0.1) is 0 Å². The second kappa shape index (κ2) is 13.5. The average molecular weight is 278 g/mol. The lowest BCUT2D eigenvalue weighted by Crippen LogP contribution is -1.62. The van der Waals surface area contributed by atoms with E-state index in [1.54, 1.807) is 6.08 Å². The molecule has 0 saturated carbocycles. The van der Waals surface area contributed by atoms with E-state index in [4.69, 9.17) is 0 Å². The molecule has 0 aromatic heterocycles. The van der Waals surface area contributed by atoms with Crippen molar-refractivity contribution in [1.29, 1.82) is 0 Å². The lowest BCUT2D eigenvalue weighted by atomic mass is 10.4. The summed E-state index contributed by atoms with van der Waals surface area (Å²) in [5.74, 6) is 0. The third-order valence-corrected chi connectivity index (χ3v) is 2.30. The molecule has 0 bridgehead atoms. The van der Waals surface area contributed by atoms with Gasteiger partial charge in [-0.15, -0.1) is 0 Å². The molecular weight excluding hydrogens is 259 g/mol. The maximum atomic E-state index is 3.46. The van der Waals surface area contributed by atoms with Gasteiger partial charge in [0.1, 0.15) is 0 Å². The van der Waals surface area contributed by atoms with Crippen LogP contribution < -0.4 is 0 Å². The fraction of sp³-hybridized carbons (Fsp3) is 0.455. The Labute approximate surface area is 90.6 Å². The van der Waals surface area contributed by atoms with Crippen LogP contribution in [0.15, 0.2) is 34.5 Å². The quantitative estimate of drug-likeness (QED) is 0.510. The Bertz CT molecular complexity index is 143. The Balaban J connectivity index is 0. The van der Waals surface area contributed by atoms with E-state index in [1.807, 2.05) is 19.1 Å². The van der Waals surface area contributed by atoms with Gasteiger partial charge in [-0.1, -0.05) is 44.7 Å². The van der Waals surface area contributed by atoms with Crippen LogP contribution in [-0.2, 0) is 0 Å². The van der Waals surface area contributed by atoms with Gasteiger partial charge in [-0.2, -0.15) is 0 Å². The zero-order chi connectivity index (χ0) is 9.82. The molecule has 0 aliphatic carbocycles. The molecule has 0 unspecified atom stereocenters. The van der Waals surface area contributed by atoms with E-state index in [0.29, 0.717) is 0 Å². The first-order valence-corrected chi connectivity index (χ1v) is 5.38. The highest BCUT2D eigenvalue weighted by atomic mass is 127. The molecule has 0 fully saturated rings. The Morgan fingerprint density at radius 1 is 1.42 bits per heavy atom. The van der Waals surface area contributed by atoms with Crippen LogP contribution in [-0.4, -0.2) is 0 Å². The van der Waals surface area contributed by atoms with Gasteiger partial charge in [0.25, 0.3) is 0 Å². The third kappa shape index (κ3) is 16.5. The van der Waals surface area contributed by atoms with Crippen LogP contribution in [0, 0.1) is 0 Å². The molecular formula is C11H19I. The second-order valence-corrected chi connectivity index (χ2v) is 3.56. The predicted molar refractivity (Wildman–Crippen MR) is 67.7 cm³/mol. The van der Waals surface area contributed by atoms with Crippen molar-refractivity contribution in [2.75, 3.05) is 0 Å². The fourth-order valence-corrected chi connectivity index (χ4v) is 0.942. The maximum absolute atomic E-state index is 3.46. The zero-order valence-electron chi connectivity index (χ0n) is 8.31. The fourth-order valence-electron chi connectivity index (χ4n) is 0.502. The highest BCUT2D eigenvalue weighted by Crippen LogP contribution is 2.09. The first kappa shape index (κ1) is 14.5. The first-order valence-electron chi connectivity index (χ1n) is 4.31. The van der Waals surface area contributed by atoms with Crippen molar-refractivity contribution >= 4 is 22.6 Å². The lowest BCUT2D eigenvalue weighted by Gasteiger charge is -1.86. The van der Waals surface area contributed by atoms with Crippen LogP contribution in [0.1, 0.15) is 33.6 Å². The van der Waals surface area contributed by atoms with E-state index in [1.165, 1.54) is 16.4 Å². The second-order valence-electron chi connectivity index (χ2n) is 2.17. The summed E-state index contributed by atoms with van der Waals surface area (Å²) in [5.41, 5.74) is 0. The topological polar surface area (TPSA) is 0 Å². The van der Waals surface area contributed by atoms with Crippen LogP contribution in [0.2, 0.25) is 0 Å². The molecule has 12 heavy (non-hydrogen) atoms. The predicted octanol–water partition coefficient (Wildman–Crippen LogP) is 4.87. The van der Waals surface area contributed by atoms with E-state index >= 15 is 0 Å². The van der Waals surface area contributed by atoms with Crippen molar-refractivity contribution < 1.29 is 0 Å². The number of rotatable bonds is 3. The number of hydrogen-bond acceptors (Lipinski definition) is 0. The Morgan fingerprint density at radius 2 is 2.00 bits per heavy atom. The first-order chi connectivity index (χ1) is 5.72. The van der Waals surface area contributed by atoms with E-state index in [9.17, 15) is 0 Å². The van der Waals surface area contributed by atoms with E-state index < -0.39 is 0 Å². The van der Waals surface area contributed by atoms with Gasteiger partial charge in [-0.3, -0.25) is 0 Å². The maximum Gasteiger partial charge on any atom is -0.0137 e. The molecule has 0 N–H and O–H groups in total. The van der Waals surface area contributed by atoms with E-state index in [-0.39, 0.29) is 0 Å². The van der Waals surface area contributed by atoms with Crippen LogP contribution in [0.3, 0.4) is 0 Å². The Kier molecular flexibility index (Phi) is 16.3. The molecule has 0 aromatic rings. The van der Waals surface area contributed by atoms with Gasteiger partial charge in [-0.05, 0) is 45.9 Å². The summed E-state index contributed by atoms with van der Waals surface area (Å²) in [6.07, 6.45) is 10.2. The Morgan fingerprint density at radius 3 is 2.08 bits per heavy atom. The van der Waals surface area contributed by atoms with Crippen LogP contribution in [0.4, 0.5) is 0 Å². The average Bonchev–Trinajstić information content (AvgIpc) is 2.07. The molecule has 0 rings (SSSR count). The van der Waals surface area contributed by atoms with Gasteiger partial charge in [-0.25, -0.2) is 0 Å². The minimum absolute atomic E-state index is 1.17. The molecule has 0 radical (unpaired) electrons. The summed E-state index contributed by atoms with van der Waals surface area (Å²) in [5, 5.41) is 0. The third-order valence-electron chi connectivity index (χ3n) is 1.09. The molecule has 0 aliphatic heterocycles. The summed E-state index contributed by atoms with van der Waals surface area (Å²) >= 11 is 2.37. The van der Waals surface area contributed by atoms with Crippen molar-refractivity contribution in [2.24, 2.45) is 0 Å². The number of halogens is 1. The monoisotopic (exact) mass is 278 g/mol. The standard InChI is InChI=1S/C6H11I.C5H8/c1-3-5-6(7)4-2;1-3-5-4-2/h5H,3-4H2,1-2H3;3-5H,1H2,2H3. The van der Waals surface area contributed by atoms with Crippen molar-refractivity contribution in [2.45, 2.75) is 33.6 Å². The normalized spacial score (nSPS) is 10.8. The molecule has 0 aliphatic rings. The zero-order valence-corrected chi connectivity index (χ0v) is 10.5. The van der Waals surface area contributed by atoms with Crippen molar-refractivity contribution in [1.82, 2.24) is 0 Å². The molecule has 0 saturated heterocycles.